The van der Waals surface area contributed by atoms with E-state index in [0.717, 1.165) is 5.56 Å². The molecule has 2 aromatic carbocycles. The zero-order valence-corrected chi connectivity index (χ0v) is 14.5. The van der Waals surface area contributed by atoms with Crippen molar-refractivity contribution in [1.29, 1.82) is 0 Å². The smallest absolute Gasteiger partial charge is 0.271 e. The van der Waals surface area contributed by atoms with Crippen molar-refractivity contribution < 1.29 is 18.1 Å². The molecule has 1 N–H and O–H groups in total. The molecule has 0 aliphatic rings. The fourth-order valence-corrected chi connectivity index (χ4v) is 3.52. The van der Waals surface area contributed by atoms with E-state index in [1.54, 1.807) is 24.3 Å². The normalized spacial score (nSPS) is 11.1. The molecule has 0 radical (unpaired) electrons. The van der Waals surface area contributed by atoms with E-state index in [1.165, 1.54) is 24.3 Å². The number of nitrogens with zero attached hydrogens (tertiary/aromatic N) is 1. The lowest BCUT2D eigenvalue weighted by atomic mass is 10.2. The zero-order chi connectivity index (χ0) is 18.4. The van der Waals surface area contributed by atoms with Gasteiger partial charge < -0.3 is 5.32 Å². The van der Waals surface area contributed by atoms with Crippen molar-refractivity contribution in [3.05, 3.63) is 64.2 Å². The van der Waals surface area contributed by atoms with Gasteiger partial charge in [-0.1, -0.05) is 23.8 Å². The molecule has 0 aliphatic heterocycles. The Morgan fingerprint density at radius 1 is 1.16 bits per heavy atom. The monoisotopic (exact) mass is 362 g/mol. The summed E-state index contributed by atoms with van der Waals surface area (Å²) in [4.78, 5) is 22.3. The van der Waals surface area contributed by atoms with Gasteiger partial charge in [0, 0.05) is 24.2 Å². The van der Waals surface area contributed by atoms with Crippen LogP contribution in [0, 0.1) is 17.0 Å². The molecule has 7 nitrogen and oxygen atoms in total. The molecule has 0 saturated heterocycles. The SMILES string of the molecule is Cc1ccc(S(=O)(=O)CCCC(=O)Nc2cccc([N+](=O)[O-])c2)cc1. The molecule has 0 unspecified atom stereocenters. The Kier molecular flexibility index (Phi) is 5.87. The topological polar surface area (TPSA) is 106 Å². The van der Waals surface area contributed by atoms with Crippen LogP contribution in [0.1, 0.15) is 18.4 Å². The molecule has 2 aromatic rings. The van der Waals surface area contributed by atoms with Gasteiger partial charge in [-0.25, -0.2) is 8.42 Å². The Balaban J connectivity index is 1.89. The van der Waals surface area contributed by atoms with E-state index < -0.39 is 14.8 Å². The highest BCUT2D eigenvalue weighted by atomic mass is 32.2. The van der Waals surface area contributed by atoms with E-state index in [9.17, 15) is 23.3 Å². The molecule has 2 rings (SSSR count). The first-order valence-electron chi connectivity index (χ1n) is 7.62. The van der Waals surface area contributed by atoms with E-state index in [0.29, 0.717) is 5.69 Å². The molecule has 0 heterocycles. The van der Waals surface area contributed by atoms with Crippen LogP contribution in [-0.2, 0) is 14.6 Å². The number of non-ortho nitro benzene ring substituents is 1. The highest BCUT2D eigenvalue weighted by molar-refractivity contribution is 7.91. The van der Waals surface area contributed by atoms with Crippen molar-refractivity contribution in [3.8, 4) is 0 Å². The number of sulfone groups is 1. The average molecular weight is 362 g/mol. The minimum atomic E-state index is -3.43. The summed E-state index contributed by atoms with van der Waals surface area (Å²) in [7, 11) is -3.43. The summed E-state index contributed by atoms with van der Waals surface area (Å²) < 4.78 is 24.4. The Hall–Kier alpha value is -2.74. The van der Waals surface area contributed by atoms with Crippen LogP contribution in [-0.4, -0.2) is 25.0 Å². The largest absolute Gasteiger partial charge is 0.326 e. The lowest BCUT2D eigenvalue weighted by Gasteiger charge is -2.06. The van der Waals surface area contributed by atoms with Crippen LogP contribution in [0.5, 0.6) is 0 Å². The van der Waals surface area contributed by atoms with Crippen LogP contribution in [0.25, 0.3) is 0 Å². The van der Waals surface area contributed by atoms with E-state index in [4.69, 9.17) is 0 Å². The summed E-state index contributed by atoms with van der Waals surface area (Å²) >= 11 is 0. The Morgan fingerprint density at radius 3 is 2.48 bits per heavy atom. The van der Waals surface area contributed by atoms with Gasteiger partial charge in [-0.3, -0.25) is 14.9 Å². The number of aryl methyl sites for hydroxylation is 1. The van der Waals surface area contributed by atoms with Crippen molar-refractivity contribution in [2.24, 2.45) is 0 Å². The molecular formula is C17H18N2O5S. The van der Waals surface area contributed by atoms with E-state index in [-0.39, 0.29) is 35.1 Å². The number of carbonyl (C=O) groups is 1. The van der Waals surface area contributed by atoms with Crippen molar-refractivity contribution in [2.45, 2.75) is 24.7 Å². The lowest BCUT2D eigenvalue weighted by molar-refractivity contribution is -0.384. The second-order valence-corrected chi connectivity index (χ2v) is 7.70. The molecule has 1 amide bonds. The van der Waals surface area contributed by atoms with Crippen LogP contribution in [0.4, 0.5) is 11.4 Å². The first-order chi connectivity index (χ1) is 11.8. The molecular weight excluding hydrogens is 344 g/mol. The van der Waals surface area contributed by atoms with Crippen LogP contribution >= 0.6 is 0 Å². The highest BCUT2D eigenvalue weighted by Crippen LogP contribution is 2.18. The number of anilines is 1. The summed E-state index contributed by atoms with van der Waals surface area (Å²) in [6.45, 7) is 1.87. The molecule has 0 fully saturated rings. The standard InChI is InChI=1S/C17H18N2O5S/c1-13-7-9-16(10-8-13)25(23,24)11-3-6-17(20)18-14-4-2-5-15(12-14)19(21)22/h2,4-5,7-10,12H,3,6,11H2,1H3,(H,18,20). The molecule has 0 atom stereocenters. The summed E-state index contributed by atoms with van der Waals surface area (Å²) in [5.41, 5.74) is 1.15. The van der Waals surface area contributed by atoms with Gasteiger partial charge in [0.1, 0.15) is 0 Å². The van der Waals surface area contributed by atoms with Gasteiger partial charge in [0.25, 0.3) is 5.69 Å². The van der Waals surface area contributed by atoms with Crippen LogP contribution < -0.4 is 5.32 Å². The molecule has 0 aromatic heterocycles. The number of benzene rings is 2. The predicted molar refractivity (Wildman–Crippen MR) is 94.2 cm³/mol. The number of nitrogens with one attached hydrogen (secondary N) is 1. The molecule has 0 bridgehead atoms. The van der Waals surface area contributed by atoms with Crippen molar-refractivity contribution in [3.63, 3.8) is 0 Å². The van der Waals surface area contributed by atoms with Crippen LogP contribution in [0.15, 0.2) is 53.4 Å². The number of hydrogen-bond acceptors (Lipinski definition) is 5. The van der Waals surface area contributed by atoms with Crippen molar-refractivity contribution >= 4 is 27.1 Å². The maximum atomic E-state index is 12.2. The van der Waals surface area contributed by atoms with E-state index in [2.05, 4.69) is 5.32 Å². The molecule has 0 saturated carbocycles. The summed E-state index contributed by atoms with van der Waals surface area (Å²) in [6.07, 6.45) is 0.171. The number of hydrogen-bond donors (Lipinski definition) is 1. The molecule has 8 heteroatoms. The van der Waals surface area contributed by atoms with Gasteiger partial charge >= 0.3 is 0 Å². The summed E-state index contributed by atoms with van der Waals surface area (Å²) in [5.74, 6) is -0.530. The number of nitro benzene ring substituents is 1. The van der Waals surface area contributed by atoms with Gasteiger partial charge in [-0.15, -0.1) is 0 Å². The molecule has 0 aliphatic carbocycles. The third-order valence-electron chi connectivity index (χ3n) is 3.54. The fraction of sp³-hybridized carbons (Fsp3) is 0.235. The van der Waals surface area contributed by atoms with Crippen LogP contribution in [0.2, 0.25) is 0 Å². The van der Waals surface area contributed by atoms with Gasteiger partial charge in [-0.05, 0) is 31.5 Å². The molecule has 25 heavy (non-hydrogen) atoms. The maximum absolute atomic E-state index is 12.2. The van der Waals surface area contributed by atoms with Gasteiger partial charge in [0.05, 0.1) is 15.6 Å². The number of carbonyl (C=O) groups excluding carboxylic acids is 1. The first kappa shape index (κ1) is 18.6. The fourth-order valence-electron chi connectivity index (χ4n) is 2.21. The third-order valence-corrected chi connectivity index (χ3v) is 5.35. The number of amides is 1. The van der Waals surface area contributed by atoms with Gasteiger partial charge in [-0.2, -0.15) is 0 Å². The first-order valence-corrected chi connectivity index (χ1v) is 9.27. The minimum Gasteiger partial charge on any atom is -0.326 e. The second kappa shape index (κ2) is 7.89. The molecule has 0 spiro atoms. The number of rotatable bonds is 7. The minimum absolute atomic E-state index is 0.00772. The van der Waals surface area contributed by atoms with Gasteiger partial charge in [0.2, 0.25) is 5.91 Å². The Bertz CT molecular complexity index is 876. The second-order valence-electron chi connectivity index (χ2n) is 5.59. The highest BCUT2D eigenvalue weighted by Gasteiger charge is 2.15. The average Bonchev–Trinajstić information content (AvgIpc) is 2.55. The van der Waals surface area contributed by atoms with Gasteiger partial charge in [0.15, 0.2) is 9.84 Å². The lowest BCUT2D eigenvalue weighted by Crippen LogP contribution is -2.14. The third kappa shape index (κ3) is 5.39. The van der Waals surface area contributed by atoms with Crippen molar-refractivity contribution in [1.82, 2.24) is 0 Å². The predicted octanol–water partition coefficient (Wildman–Crippen LogP) is 3.10. The molecule has 132 valence electrons. The van der Waals surface area contributed by atoms with Crippen LogP contribution in [0.3, 0.4) is 0 Å². The van der Waals surface area contributed by atoms with Crippen molar-refractivity contribution in [2.75, 3.05) is 11.1 Å². The zero-order valence-electron chi connectivity index (χ0n) is 13.6. The summed E-state index contributed by atoms with van der Waals surface area (Å²) in [5, 5.41) is 13.2. The quantitative estimate of drug-likeness (QED) is 0.602. The van der Waals surface area contributed by atoms with E-state index in [1.807, 2.05) is 6.92 Å². The van der Waals surface area contributed by atoms with E-state index >= 15 is 0 Å². The summed E-state index contributed by atoms with van der Waals surface area (Å²) in [6, 6.07) is 12.1. The maximum Gasteiger partial charge on any atom is 0.271 e. The number of nitro groups is 1. The Morgan fingerprint density at radius 2 is 1.84 bits per heavy atom. The Labute approximate surface area is 145 Å².